The number of benzene rings is 2. The normalized spacial score (nSPS) is 11.3. The van der Waals surface area contributed by atoms with Gasteiger partial charge >= 0.3 is 0 Å². The van der Waals surface area contributed by atoms with Crippen molar-refractivity contribution in [2.24, 2.45) is 0 Å². The molecule has 0 bridgehead atoms. The Morgan fingerprint density at radius 2 is 1.72 bits per heavy atom. The highest BCUT2D eigenvalue weighted by atomic mass is 16.6. The van der Waals surface area contributed by atoms with Gasteiger partial charge in [0.25, 0.3) is 17.5 Å². The monoisotopic (exact) mass is 433 g/mol. The van der Waals surface area contributed by atoms with Crippen molar-refractivity contribution in [2.75, 3.05) is 0 Å². The van der Waals surface area contributed by atoms with E-state index in [1.165, 1.54) is 12.1 Å². The molecular weight excluding hydrogens is 410 g/mol. The van der Waals surface area contributed by atoms with Crippen LogP contribution in [-0.2, 0) is 4.79 Å². The Labute approximate surface area is 185 Å². The summed E-state index contributed by atoms with van der Waals surface area (Å²) in [6.45, 7) is 5.52. The fraction of sp³-hybridized carbons (Fsp3) is 0.167. The average Bonchev–Trinajstić information content (AvgIpc) is 3.21. The standard InChI is InChI=1S/C24H23N3O5/c1-15(2)25-24(29)20(26-23(28)17-10-8-16(3)9-11-17)14-18-12-13-22(32-18)19-6-4-5-7-21(19)27(30)31/h4-15H,1-3H3,(H,25,29)(H,26,28)/b20-14-. The molecule has 164 valence electrons. The van der Waals surface area contributed by atoms with Crippen LogP contribution in [-0.4, -0.2) is 22.8 Å². The number of furan rings is 1. The van der Waals surface area contributed by atoms with Gasteiger partial charge in [-0.15, -0.1) is 0 Å². The van der Waals surface area contributed by atoms with Crippen LogP contribution in [0, 0.1) is 17.0 Å². The van der Waals surface area contributed by atoms with Crippen LogP contribution in [0.1, 0.15) is 35.5 Å². The van der Waals surface area contributed by atoms with Gasteiger partial charge < -0.3 is 15.1 Å². The third-order valence-electron chi connectivity index (χ3n) is 4.51. The summed E-state index contributed by atoms with van der Waals surface area (Å²) in [5.41, 5.74) is 1.62. The highest BCUT2D eigenvalue weighted by Crippen LogP contribution is 2.31. The maximum Gasteiger partial charge on any atom is 0.280 e. The summed E-state index contributed by atoms with van der Waals surface area (Å²) in [5.74, 6) is -0.391. The minimum atomic E-state index is -0.489. The number of amides is 2. The van der Waals surface area contributed by atoms with E-state index in [4.69, 9.17) is 4.42 Å². The minimum absolute atomic E-state index is 0.00673. The number of hydrogen-bond acceptors (Lipinski definition) is 5. The molecule has 2 amide bonds. The molecule has 0 aliphatic heterocycles. The van der Waals surface area contributed by atoms with Crippen LogP contribution >= 0.6 is 0 Å². The van der Waals surface area contributed by atoms with Crippen LogP contribution in [0.3, 0.4) is 0 Å². The lowest BCUT2D eigenvalue weighted by molar-refractivity contribution is -0.384. The predicted octanol–water partition coefficient (Wildman–Crippen LogP) is 4.46. The molecule has 2 aromatic carbocycles. The van der Waals surface area contributed by atoms with Gasteiger partial charge in [0.05, 0.1) is 10.5 Å². The van der Waals surface area contributed by atoms with Crippen LogP contribution < -0.4 is 10.6 Å². The lowest BCUT2D eigenvalue weighted by atomic mass is 10.1. The molecule has 0 saturated carbocycles. The molecule has 0 saturated heterocycles. The summed E-state index contributed by atoms with van der Waals surface area (Å²) in [5, 5.41) is 16.7. The van der Waals surface area contributed by atoms with Crippen LogP contribution in [0.15, 0.2) is 70.8 Å². The number of nitro benzene ring substituents is 1. The quantitative estimate of drug-likeness (QED) is 0.324. The third kappa shape index (κ3) is 5.48. The molecule has 0 spiro atoms. The van der Waals surface area contributed by atoms with Gasteiger partial charge in [-0.1, -0.05) is 29.8 Å². The van der Waals surface area contributed by atoms with Gasteiger partial charge in [0.15, 0.2) is 0 Å². The van der Waals surface area contributed by atoms with Gasteiger partial charge in [-0.25, -0.2) is 0 Å². The molecule has 8 nitrogen and oxygen atoms in total. The Kier molecular flexibility index (Phi) is 6.84. The van der Waals surface area contributed by atoms with Gasteiger partial charge in [-0.05, 0) is 51.1 Å². The molecule has 1 heterocycles. The fourth-order valence-electron chi connectivity index (χ4n) is 2.96. The lowest BCUT2D eigenvalue weighted by Gasteiger charge is -2.13. The zero-order chi connectivity index (χ0) is 23.3. The maximum atomic E-state index is 12.7. The highest BCUT2D eigenvalue weighted by molar-refractivity contribution is 6.05. The molecule has 3 aromatic rings. The summed E-state index contributed by atoms with van der Waals surface area (Å²) < 4.78 is 5.74. The van der Waals surface area contributed by atoms with Crippen molar-refractivity contribution in [1.82, 2.24) is 10.6 Å². The average molecular weight is 433 g/mol. The molecule has 0 fully saturated rings. The molecule has 3 rings (SSSR count). The van der Waals surface area contributed by atoms with E-state index in [1.54, 1.807) is 68.4 Å². The van der Waals surface area contributed by atoms with E-state index >= 15 is 0 Å². The van der Waals surface area contributed by atoms with E-state index < -0.39 is 16.7 Å². The Bertz CT molecular complexity index is 1180. The molecule has 32 heavy (non-hydrogen) atoms. The van der Waals surface area contributed by atoms with Gasteiger partial charge in [0, 0.05) is 23.7 Å². The number of nitrogens with zero attached hydrogens (tertiary/aromatic N) is 1. The van der Waals surface area contributed by atoms with E-state index in [0.29, 0.717) is 11.1 Å². The zero-order valence-corrected chi connectivity index (χ0v) is 17.9. The molecule has 0 atom stereocenters. The molecule has 8 heteroatoms. The second-order valence-electron chi connectivity index (χ2n) is 7.48. The van der Waals surface area contributed by atoms with Crippen molar-refractivity contribution in [1.29, 1.82) is 0 Å². The Morgan fingerprint density at radius 1 is 1.03 bits per heavy atom. The van der Waals surface area contributed by atoms with E-state index in [2.05, 4.69) is 10.6 Å². The summed E-state index contributed by atoms with van der Waals surface area (Å²) in [6.07, 6.45) is 1.39. The number of rotatable bonds is 7. The van der Waals surface area contributed by atoms with E-state index in [9.17, 15) is 19.7 Å². The maximum absolute atomic E-state index is 12.7. The van der Waals surface area contributed by atoms with Crippen molar-refractivity contribution in [3.63, 3.8) is 0 Å². The number of carbonyl (C=O) groups excluding carboxylic acids is 2. The first-order chi connectivity index (χ1) is 15.2. The summed E-state index contributed by atoms with van der Waals surface area (Å²) in [4.78, 5) is 36.1. The van der Waals surface area contributed by atoms with Crippen LogP contribution in [0.2, 0.25) is 0 Å². The largest absolute Gasteiger partial charge is 0.456 e. The number of nitrogens with one attached hydrogen (secondary N) is 2. The molecule has 0 aliphatic rings. The topological polar surface area (TPSA) is 114 Å². The molecule has 0 aliphatic carbocycles. The van der Waals surface area contributed by atoms with Crippen molar-refractivity contribution < 1.29 is 18.9 Å². The first kappa shape index (κ1) is 22.5. The number of para-hydroxylation sites is 1. The smallest absolute Gasteiger partial charge is 0.280 e. The molecule has 1 aromatic heterocycles. The summed E-state index contributed by atoms with van der Waals surface area (Å²) >= 11 is 0. The summed E-state index contributed by atoms with van der Waals surface area (Å²) in [6, 6.07) is 16.2. The predicted molar refractivity (Wildman–Crippen MR) is 121 cm³/mol. The van der Waals surface area contributed by atoms with Crippen molar-refractivity contribution in [3.8, 4) is 11.3 Å². The summed E-state index contributed by atoms with van der Waals surface area (Å²) in [7, 11) is 0. The van der Waals surface area contributed by atoms with Crippen molar-refractivity contribution in [3.05, 3.63) is 93.4 Å². The zero-order valence-electron chi connectivity index (χ0n) is 17.9. The van der Waals surface area contributed by atoms with Crippen LogP contribution in [0.25, 0.3) is 17.4 Å². The van der Waals surface area contributed by atoms with Crippen molar-refractivity contribution >= 4 is 23.6 Å². The number of nitro groups is 1. The van der Waals surface area contributed by atoms with Gasteiger partial charge in [0.1, 0.15) is 17.2 Å². The van der Waals surface area contributed by atoms with Gasteiger partial charge in [-0.3, -0.25) is 19.7 Å². The SMILES string of the molecule is Cc1ccc(C(=O)N/C(=C\c2ccc(-c3ccccc3[N+](=O)[O-])o2)C(=O)NC(C)C)cc1. The first-order valence-corrected chi connectivity index (χ1v) is 9.99. The second kappa shape index (κ2) is 9.74. The Balaban J connectivity index is 1.93. The molecular formula is C24H23N3O5. The van der Waals surface area contributed by atoms with E-state index in [1.807, 2.05) is 6.92 Å². The van der Waals surface area contributed by atoms with Gasteiger partial charge in [-0.2, -0.15) is 0 Å². The number of carbonyl (C=O) groups is 2. The van der Waals surface area contributed by atoms with E-state index in [-0.39, 0.29) is 28.9 Å². The number of aryl methyl sites for hydroxylation is 1. The minimum Gasteiger partial charge on any atom is -0.456 e. The third-order valence-corrected chi connectivity index (χ3v) is 4.51. The Hall–Kier alpha value is -4.20. The molecule has 0 unspecified atom stereocenters. The highest BCUT2D eigenvalue weighted by Gasteiger charge is 2.19. The molecule has 0 radical (unpaired) electrons. The van der Waals surface area contributed by atoms with E-state index in [0.717, 1.165) is 5.56 Å². The van der Waals surface area contributed by atoms with Crippen LogP contribution in [0.5, 0.6) is 0 Å². The first-order valence-electron chi connectivity index (χ1n) is 9.99. The lowest BCUT2D eigenvalue weighted by Crippen LogP contribution is -2.38. The Morgan fingerprint density at radius 3 is 2.38 bits per heavy atom. The van der Waals surface area contributed by atoms with Crippen LogP contribution in [0.4, 0.5) is 5.69 Å². The fourth-order valence-corrected chi connectivity index (χ4v) is 2.96. The van der Waals surface area contributed by atoms with Gasteiger partial charge in [0.2, 0.25) is 0 Å². The number of hydrogen-bond donors (Lipinski definition) is 2. The van der Waals surface area contributed by atoms with Crippen molar-refractivity contribution in [2.45, 2.75) is 26.8 Å². The second-order valence-corrected chi connectivity index (χ2v) is 7.48. The molecule has 2 N–H and O–H groups in total.